The fraction of sp³-hybridized carbons (Fsp3) is 0.438. The first-order valence-electron chi connectivity index (χ1n) is 7.39. The monoisotopic (exact) mass is 335 g/mol. The molecule has 0 atom stereocenters. The molecule has 2 aromatic rings. The second-order valence-corrected chi connectivity index (χ2v) is 6.03. The van der Waals surface area contributed by atoms with Crippen LogP contribution in [0.5, 0.6) is 0 Å². The summed E-state index contributed by atoms with van der Waals surface area (Å²) in [5.41, 5.74) is 1.88. The number of carbonyl (C=O) groups excluding carboxylic acids is 1. The van der Waals surface area contributed by atoms with Gasteiger partial charge in [0.15, 0.2) is 10.9 Å². The Bertz CT molecular complexity index is 638. The van der Waals surface area contributed by atoms with E-state index >= 15 is 0 Å². The standard InChI is InChI=1S/C16H21N3O3S/c1-11-9-12(2)19-16(18-11)23-10-13-5-6-14(22-13)15(20)17-7-4-8-21-3/h5-6,9H,4,7-8,10H2,1-3H3,(H,17,20). The van der Waals surface area contributed by atoms with E-state index in [0.29, 0.717) is 29.8 Å². The van der Waals surface area contributed by atoms with Crippen molar-refractivity contribution >= 4 is 17.7 Å². The van der Waals surface area contributed by atoms with Crippen LogP contribution in [0, 0.1) is 13.8 Å². The first-order valence-corrected chi connectivity index (χ1v) is 8.38. The maximum Gasteiger partial charge on any atom is 0.286 e. The van der Waals surface area contributed by atoms with E-state index in [2.05, 4.69) is 15.3 Å². The third-order valence-corrected chi connectivity index (χ3v) is 3.87. The van der Waals surface area contributed by atoms with Crippen LogP contribution in [0.15, 0.2) is 27.8 Å². The number of methoxy groups -OCH3 is 1. The molecule has 23 heavy (non-hydrogen) atoms. The molecule has 0 bridgehead atoms. The van der Waals surface area contributed by atoms with Gasteiger partial charge >= 0.3 is 0 Å². The Morgan fingerprint density at radius 1 is 1.30 bits per heavy atom. The molecule has 1 amide bonds. The van der Waals surface area contributed by atoms with Gasteiger partial charge in [-0.3, -0.25) is 4.79 Å². The number of aromatic nitrogens is 2. The number of aryl methyl sites for hydroxylation is 2. The van der Waals surface area contributed by atoms with Crippen molar-refractivity contribution in [3.63, 3.8) is 0 Å². The summed E-state index contributed by atoms with van der Waals surface area (Å²) in [6.45, 7) is 5.07. The van der Waals surface area contributed by atoms with Crippen molar-refractivity contribution < 1.29 is 13.9 Å². The average Bonchev–Trinajstić information content (AvgIpc) is 2.97. The second-order valence-electron chi connectivity index (χ2n) is 5.09. The number of rotatable bonds is 8. The van der Waals surface area contributed by atoms with Gasteiger partial charge in [0, 0.05) is 31.6 Å². The zero-order valence-electron chi connectivity index (χ0n) is 13.6. The predicted molar refractivity (Wildman–Crippen MR) is 88.6 cm³/mol. The molecule has 124 valence electrons. The molecule has 2 heterocycles. The molecule has 0 fully saturated rings. The molecule has 2 rings (SSSR count). The maximum atomic E-state index is 11.9. The summed E-state index contributed by atoms with van der Waals surface area (Å²) in [5, 5.41) is 3.50. The molecule has 0 saturated heterocycles. The molecule has 6 nitrogen and oxygen atoms in total. The number of nitrogens with zero attached hydrogens (tertiary/aromatic N) is 2. The fourth-order valence-electron chi connectivity index (χ4n) is 1.98. The number of amides is 1. The lowest BCUT2D eigenvalue weighted by Gasteiger charge is -2.03. The SMILES string of the molecule is COCCCNC(=O)c1ccc(CSc2nc(C)cc(C)n2)o1. The Kier molecular flexibility index (Phi) is 6.61. The summed E-state index contributed by atoms with van der Waals surface area (Å²) in [7, 11) is 1.64. The van der Waals surface area contributed by atoms with Gasteiger partial charge in [0.2, 0.25) is 0 Å². The van der Waals surface area contributed by atoms with E-state index in [4.69, 9.17) is 9.15 Å². The van der Waals surface area contributed by atoms with Crippen molar-refractivity contribution in [3.8, 4) is 0 Å². The van der Waals surface area contributed by atoms with Crippen molar-refractivity contribution in [2.75, 3.05) is 20.3 Å². The van der Waals surface area contributed by atoms with Gasteiger partial charge < -0.3 is 14.5 Å². The lowest BCUT2D eigenvalue weighted by atomic mass is 10.4. The van der Waals surface area contributed by atoms with Crippen LogP contribution in [0.3, 0.4) is 0 Å². The highest BCUT2D eigenvalue weighted by atomic mass is 32.2. The summed E-state index contributed by atoms with van der Waals surface area (Å²) >= 11 is 1.49. The van der Waals surface area contributed by atoms with Gasteiger partial charge in [0.05, 0.1) is 5.75 Å². The normalized spacial score (nSPS) is 10.7. The number of carbonyl (C=O) groups is 1. The average molecular weight is 335 g/mol. The summed E-state index contributed by atoms with van der Waals surface area (Å²) in [4.78, 5) is 20.6. The fourth-order valence-corrected chi connectivity index (χ4v) is 2.82. The minimum atomic E-state index is -0.208. The Morgan fingerprint density at radius 3 is 2.74 bits per heavy atom. The van der Waals surface area contributed by atoms with E-state index in [-0.39, 0.29) is 5.91 Å². The third kappa shape index (κ3) is 5.69. The first kappa shape index (κ1) is 17.5. The molecule has 0 unspecified atom stereocenters. The quantitative estimate of drug-likeness (QED) is 0.454. The van der Waals surface area contributed by atoms with E-state index in [1.807, 2.05) is 19.9 Å². The van der Waals surface area contributed by atoms with Crippen LogP contribution in [0.1, 0.15) is 34.1 Å². The van der Waals surface area contributed by atoms with E-state index < -0.39 is 0 Å². The lowest BCUT2D eigenvalue weighted by Crippen LogP contribution is -2.24. The maximum absolute atomic E-state index is 11.9. The number of hydrogen-bond acceptors (Lipinski definition) is 6. The highest BCUT2D eigenvalue weighted by molar-refractivity contribution is 7.98. The van der Waals surface area contributed by atoms with Gasteiger partial charge in [-0.2, -0.15) is 0 Å². The molecule has 2 aromatic heterocycles. The zero-order valence-corrected chi connectivity index (χ0v) is 14.4. The summed E-state index contributed by atoms with van der Waals surface area (Å²) in [6, 6.07) is 5.42. The molecule has 7 heteroatoms. The van der Waals surface area contributed by atoms with Gasteiger partial charge in [0.25, 0.3) is 5.91 Å². The second kappa shape index (κ2) is 8.69. The van der Waals surface area contributed by atoms with E-state index in [1.165, 1.54) is 11.8 Å². The molecule has 0 aliphatic heterocycles. The van der Waals surface area contributed by atoms with E-state index in [9.17, 15) is 4.79 Å². The highest BCUT2D eigenvalue weighted by Crippen LogP contribution is 2.21. The van der Waals surface area contributed by atoms with Gasteiger partial charge in [-0.25, -0.2) is 9.97 Å². The minimum absolute atomic E-state index is 0.208. The smallest absolute Gasteiger partial charge is 0.286 e. The van der Waals surface area contributed by atoms with Crippen LogP contribution < -0.4 is 5.32 Å². The Labute approximate surface area is 140 Å². The Balaban J connectivity index is 1.85. The molecule has 0 radical (unpaired) electrons. The van der Waals surface area contributed by atoms with Crippen molar-refractivity contribution in [2.45, 2.75) is 31.2 Å². The van der Waals surface area contributed by atoms with Crippen LogP contribution in [0.25, 0.3) is 0 Å². The third-order valence-electron chi connectivity index (χ3n) is 3.00. The van der Waals surface area contributed by atoms with Crippen molar-refractivity contribution in [1.82, 2.24) is 15.3 Å². The number of nitrogens with one attached hydrogen (secondary N) is 1. The molecular weight excluding hydrogens is 314 g/mol. The van der Waals surface area contributed by atoms with Crippen LogP contribution >= 0.6 is 11.8 Å². The highest BCUT2D eigenvalue weighted by Gasteiger charge is 2.11. The van der Waals surface area contributed by atoms with E-state index in [1.54, 1.807) is 19.2 Å². The van der Waals surface area contributed by atoms with Gasteiger partial charge in [-0.05, 0) is 38.5 Å². The van der Waals surface area contributed by atoms with Gasteiger partial charge in [-0.15, -0.1) is 0 Å². The van der Waals surface area contributed by atoms with Crippen LogP contribution in [0.2, 0.25) is 0 Å². The predicted octanol–water partition coefficient (Wildman–Crippen LogP) is 2.75. The topological polar surface area (TPSA) is 77.2 Å². The van der Waals surface area contributed by atoms with Crippen LogP contribution in [0.4, 0.5) is 0 Å². The number of furan rings is 1. The zero-order chi connectivity index (χ0) is 16.7. The summed E-state index contributed by atoms with van der Waals surface area (Å²) < 4.78 is 10.5. The molecule has 0 saturated carbocycles. The van der Waals surface area contributed by atoms with Gasteiger partial charge in [-0.1, -0.05) is 11.8 Å². The number of ether oxygens (including phenoxy) is 1. The molecule has 0 aliphatic carbocycles. The summed E-state index contributed by atoms with van der Waals surface area (Å²) in [5.74, 6) is 1.42. The minimum Gasteiger partial charge on any atom is -0.455 e. The molecule has 0 spiro atoms. The first-order chi connectivity index (χ1) is 11.1. The Morgan fingerprint density at radius 2 is 2.04 bits per heavy atom. The van der Waals surface area contributed by atoms with Gasteiger partial charge in [0.1, 0.15) is 5.76 Å². The molecule has 0 aliphatic rings. The Hall–Kier alpha value is -1.86. The molecular formula is C16H21N3O3S. The number of thioether (sulfide) groups is 1. The molecule has 0 aromatic carbocycles. The summed E-state index contributed by atoms with van der Waals surface area (Å²) in [6.07, 6.45) is 0.774. The van der Waals surface area contributed by atoms with Crippen molar-refractivity contribution in [3.05, 3.63) is 41.1 Å². The lowest BCUT2D eigenvalue weighted by molar-refractivity contribution is 0.0919. The van der Waals surface area contributed by atoms with Crippen molar-refractivity contribution in [2.24, 2.45) is 0 Å². The van der Waals surface area contributed by atoms with Crippen LogP contribution in [-0.2, 0) is 10.5 Å². The van der Waals surface area contributed by atoms with Crippen molar-refractivity contribution in [1.29, 1.82) is 0 Å². The largest absolute Gasteiger partial charge is 0.455 e. The van der Waals surface area contributed by atoms with E-state index in [0.717, 1.165) is 23.6 Å². The molecule has 1 N–H and O–H groups in total. The van der Waals surface area contributed by atoms with Crippen LogP contribution in [-0.4, -0.2) is 36.1 Å². The number of hydrogen-bond donors (Lipinski definition) is 1.